The van der Waals surface area contributed by atoms with Gasteiger partial charge in [-0.3, -0.25) is 4.79 Å². The van der Waals surface area contributed by atoms with Crippen LogP contribution in [-0.4, -0.2) is 42.0 Å². The molecule has 0 saturated carbocycles. The second-order valence-electron chi connectivity index (χ2n) is 7.49. The fourth-order valence-corrected chi connectivity index (χ4v) is 4.08. The molecule has 1 saturated heterocycles. The summed E-state index contributed by atoms with van der Waals surface area (Å²) in [5.74, 6) is 1.58. The van der Waals surface area contributed by atoms with E-state index in [0.717, 1.165) is 47.8 Å². The predicted molar refractivity (Wildman–Crippen MR) is 99.4 cm³/mol. The zero-order valence-electron chi connectivity index (χ0n) is 15.1. The van der Waals surface area contributed by atoms with Gasteiger partial charge in [-0.05, 0) is 49.8 Å². The number of nitrogens with zero attached hydrogens (tertiary/aromatic N) is 1. The van der Waals surface area contributed by atoms with Crippen molar-refractivity contribution in [1.29, 1.82) is 0 Å². The monoisotopic (exact) mass is 327 g/mol. The molecule has 130 valence electrons. The standard InChI is InChI=1S/C20H29N3O/c1-14-11-15(2)13-23(12-14)10-6-9-21-20(24)19-16(3)17-7-4-5-8-18(17)22-19/h4-5,7-8,14-15,22H,6,9-13H2,1-3H3,(H,21,24)/t14-,15+. The summed E-state index contributed by atoms with van der Waals surface area (Å²) in [5, 5.41) is 4.19. The fraction of sp³-hybridized carbons (Fsp3) is 0.550. The van der Waals surface area contributed by atoms with E-state index in [1.807, 2.05) is 25.1 Å². The van der Waals surface area contributed by atoms with E-state index in [2.05, 4.69) is 35.1 Å². The lowest BCUT2D eigenvalue weighted by atomic mass is 9.92. The van der Waals surface area contributed by atoms with Crippen LogP contribution in [0.1, 0.15) is 42.7 Å². The summed E-state index contributed by atoms with van der Waals surface area (Å²) in [7, 11) is 0. The van der Waals surface area contributed by atoms with Gasteiger partial charge in [0.25, 0.3) is 5.91 Å². The summed E-state index contributed by atoms with van der Waals surface area (Å²) in [6.07, 6.45) is 2.34. The predicted octanol–water partition coefficient (Wildman–Crippen LogP) is 3.57. The number of hydrogen-bond acceptors (Lipinski definition) is 2. The third kappa shape index (κ3) is 3.81. The molecule has 2 atom stereocenters. The summed E-state index contributed by atoms with van der Waals surface area (Å²) in [6, 6.07) is 8.06. The van der Waals surface area contributed by atoms with E-state index in [0.29, 0.717) is 5.69 Å². The number of aromatic nitrogens is 1. The van der Waals surface area contributed by atoms with Crippen molar-refractivity contribution in [2.75, 3.05) is 26.2 Å². The van der Waals surface area contributed by atoms with E-state index in [-0.39, 0.29) is 5.91 Å². The zero-order valence-corrected chi connectivity index (χ0v) is 15.1. The van der Waals surface area contributed by atoms with E-state index in [1.54, 1.807) is 0 Å². The lowest BCUT2D eigenvalue weighted by Gasteiger charge is -2.34. The molecule has 0 radical (unpaired) electrons. The van der Waals surface area contributed by atoms with Crippen LogP contribution in [0, 0.1) is 18.8 Å². The number of aryl methyl sites for hydroxylation is 1. The molecule has 1 aromatic heterocycles. The molecule has 0 bridgehead atoms. The number of aromatic amines is 1. The number of likely N-dealkylation sites (tertiary alicyclic amines) is 1. The minimum absolute atomic E-state index is 0.00378. The van der Waals surface area contributed by atoms with Gasteiger partial charge in [-0.15, -0.1) is 0 Å². The molecule has 2 heterocycles. The first-order valence-electron chi connectivity index (χ1n) is 9.12. The second-order valence-corrected chi connectivity index (χ2v) is 7.49. The van der Waals surface area contributed by atoms with Gasteiger partial charge in [-0.25, -0.2) is 0 Å². The molecule has 3 rings (SSSR count). The average Bonchev–Trinajstić information content (AvgIpc) is 2.88. The highest BCUT2D eigenvalue weighted by atomic mass is 16.1. The quantitative estimate of drug-likeness (QED) is 0.825. The first kappa shape index (κ1) is 17.0. The number of fused-ring (bicyclic) bond motifs is 1. The van der Waals surface area contributed by atoms with Crippen molar-refractivity contribution in [3.63, 3.8) is 0 Å². The molecule has 0 spiro atoms. The van der Waals surface area contributed by atoms with Crippen LogP contribution in [-0.2, 0) is 0 Å². The minimum atomic E-state index is 0.00378. The maximum Gasteiger partial charge on any atom is 0.268 e. The molecule has 0 unspecified atom stereocenters. The Morgan fingerprint density at radius 1 is 1.25 bits per heavy atom. The second kappa shape index (κ2) is 7.39. The average molecular weight is 327 g/mol. The highest BCUT2D eigenvalue weighted by molar-refractivity contribution is 6.00. The Morgan fingerprint density at radius 2 is 1.96 bits per heavy atom. The van der Waals surface area contributed by atoms with Crippen LogP contribution in [0.3, 0.4) is 0 Å². The molecule has 1 fully saturated rings. The van der Waals surface area contributed by atoms with Crippen molar-refractivity contribution < 1.29 is 4.79 Å². The number of para-hydroxylation sites is 1. The third-order valence-corrected chi connectivity index (χ3v) is 5.07. The van der Waals surface area contributed by atoms with Crippen LogP contribution < -0.4 is 5.32 Å². The van der Waals surface area contributed by atoms with Crippen molar-refractivity contribution in [3.8, 4) is 0 Å². The molecule has 1 aliphatic rings. The van der Waals surface area contributed by atoms with Gasteiger partial charge in [0, 0.05) is 30.5 Å². The number of H-pyrrole nitrogens is 1. The summed E-state index contributed by atoms with van der Waals surface area (Å²) < 4.78 is 0. The van der Waals surface area contributed by atoms with Gasteiger partial charge >= 0.3 is 0 Å². The van der Waals surface area contributed by atoms with Gasteiger partial charge in [0.2, 0.25) is 0 Å². The summed E-state index contributed by atoms with van der Waals surface area (Å²) in [6.45, 7) is 10.9. The van der Waals surface area contributed by atoms with Crippen molar-refractivity contribution in [2.45, 2.75) is 33.6 Å². The summed E-state index contributed by atoms with van der Waals surface area (Å²) in [4.78, 5) is 18.2. The Kier molecular flexibility index (Phi) is 5.24. The topological polar surface area (TPSA) is 48.1 Å². The van der Waals surface area contributed by atoms with Crippen LogP contribution in [0.5, 0.6) is 0 Å². The van der Waals surface area contributed by atoms with Crippen molar-refractivity contribution in [2.24, 2.45) is 11.8 Å². The molecular formula is C20H29N3O. The molecule has 1 amide bonds. The number of hydrogen-bond donors (Lipinski definition) is 2. The molecule has 0 aliphatic carbocycles. The molecule has 4 nitrogen and oxygen atoms in total. The summed E-state index contributed by atoms with van der Waals surface area (Å²) in [5.41, 5.74) is 2.75. The fourth-order valence-electron chi connectivity index (χ4n) is 4.08. The van der Waals surface area contributed by atoms with E-state index < -0.39 is 0 Å². The third-order valence-electron chi connectivity index (χ3n) is 5.07. The highest BCUT2D eigenvalue weighted by Gasteiger charge is 2.21. The number of carbonyl (C=O) groups is 1. The van der Waals surface area contributed by atoms with Crippen molar-refractivity contribution in [3.05, 3.63) is 35.5 Å². The lowest BCUT2D eigenvalue weighted by molar-refractivity contribution is 0.0942. The molecule has 2 N–H and O–H groups in total. The van der Waals surface area contributed by atoms with Crippen molar-refractivity contribution in [1.82, 2.24) is 15.2 Å². The van der Waals surface area contributed by atoms with Crippen molar-refractivity contribution >= 4 is 16.8 Å². The Morgan fingerprint density at radius 3 is 2.67 bits per heavy atom. The van der Waals surface area contributed by atoms with E-state index in [9.17, 15) is 4.79 Å². The number of nitrogens with one attached hydrogen (secondary N) is 2. The molecular weight excluding hydrogens is 298 g/mol. The Labute approximate surface area is 144 Å². The number of piperidine rings is 1. The van der Waals surface area contributed by atoms with E-state index in [4.69, 9.17) is 0 Å². The Balaban J connectivity index is 1.49. The maximum atomic E-state index is 12.4. The highest BCUT2D eigenvalue weighted by Crippen LogP contribution is 2.22. The molecule has 2 aromatic rings. The smallest absolute Gasteiger partial charge is 0.268 e. The largest absolute Gasteiger partial charge is 0.351 e. The minimum Gasteiger partial charge on any atom is -0.351 e. The van der Waals surface area contributed by atoms with Crippen LogP contribution in [0.4, 0.5) is 0 Å². The van der Waals surface area contributed by atoms with Crippen LogP contribution in [0.25, 0.3) is 10.9 Å². The molecule has 1 aliphatic heterocycles. The number of amides is 1. The normalized spacial score (nSPS) is 22.0. The first-order valence-corrected chi connectivity index (χ1v) is 9.12. The number of carbonyl (C=O) groups excluding carboxylic acids is 1. The summed E-state index contributed by atoms with van der Waals surface area (Å²) >= 11 is 0. The van der Waals surface area contributed by atoms with Gasteiger partial charge in [-0.1, -0.05) is 32.0 Å². The SMILES string of the molecule is Cc1c(C(=O)NCCCN2C[C@H](C)C[C@H](C)C2)[nH]c2ccccc12. The lowest BCUT2D eigenvalue weighted by Crippen LogP contribution is -2.40. The number of rotatable bonds is 5. The van der Waals surface area contributed by atoms with Gasteiger partial charge in [0.05, 0.1) is 0 Å². The maximum absolute atomic E-state index is 12.4. The van der Waals surface area contributed by atoms with Gasteiger partial charge < -0.3 is 15.2 Å². The van der Waals surface area contributed by atoms with Gasteiger partial charge in [0.1, 0.15) is 5.69 Å². The van der Waals surface area contributed by atoms with Crippen LogP contribution in [0.15, 0.2) is 24.3 Å². The van der Waals surface area contributed by atoms with E-state index >= 15 is 0 Å². The van der Waals surface area contributed by atoms with Crippen LogP contribution >= 0.6 is 0 Å². The Bertz CT molecular complexity index is 696. The van der Waals surface area contributed by atoms with Crippen LogP contribution in [0.2, 0.25) is 0 Å². The van der Waals surface area contributed by atoms with Gasteiger partial charge in [0.15, 0.2) is 0 Å². The Hall–Kier alpha value is -1.81. The van der Waals surface area contributed by atoms with Gasteiger partial charge in [-0.2, -0.15) is 0 Å². The molecule has 1 aromatic carbocycles. The number of benzene rings is 1. The molecule has 4 heteroatoms. The first-order chi connectivity index (χ1) is 11.5. The zero-order chi connectivity index (χ0) is 17.1. The molecule has 24 heavy (non-hydrogen) atoms. The van der Waals surface area contributed by atoms with E-state index in [1.165, 1.54) is 19.5 Å².